The van der Waals surface area contributed by atoms with Gasteiger partial charge in [0.05, 0.1) is 0 Å². The van der Waals surface area contributed by atoms with Crippen molar-refractivity contribution in [1.82, 2.24) is 4.90 Å². The normalized spacial score (nSPS) is 34.1. The van der Waals surface area contributed by atoms with Gasteiger partial charge in [0.25, 0.3) is 0 Å². The molecule has 0 aromatic carbocycles. The summed E-state index contributed by atoms with van der Waals surface area (Å²) >= 11 is 0. The molecular weight excluding hydrogens is 214 g/mol. The molecule has 17 heavy (non-hydrogen) atoms. The van der Waals surface area contributed by atoms with Crippen LogP contribution in [0.4, 0.5) is 0 Å². The maximum atomic E-state index is 12.6. The van der Waals surface area contributed by atoms with E-state index in [1.54, 1.807) is 0 Å². The Kier molecular flexibility index (Phi) is 2.83. The van der Waals surface area contributed by atoms with Crippen molar-refractivity contribution in [3.8, 4) is 0 Å². The Bertz CT molecular complexity index is 357. The minimum absolute atomic E-state index is 0.0839. The number of carbonyl (C=O) groups excluding carboxylic acids is 2. The lowest BCUT2D eigenvalue weighted by Gasteiger charge is -2.35. The second-order valence-corrected chi connectivity index (χ2v) is 6.05. The summed E-state index contributed by atoms with van der Waals surface area (Å²) in [5.74, 6) is 0.688. The molecule has 0 aromatic rings. The molecule has 2 fully saturated rings. The zero-order valence-corrected chi connectivity index (χ0v) is 11.4. The summed E-state index contributed by atoms with van der Waals surface area (Å²) in [6.45, 7) is 9.39. The molecule has 2 aliphatic carbocycles. The van der Waals surface area contributed by atoms with Gasteiger partial charge >= 0.3 is 0 Å². The number of nitrogens with zero attached hydrogens (tertiary/aromatic N) is 1. The largest absolute Gasteiger partial charge is 0.342 e. The zero-order valence-electron chi connectivity index (χ0n) is 11.4. The summed E-state index contributed by atoms with van der Waals surface area (Å²) in [4.78, 5) is 27.0. The van der Waals surface area contributed by atoms with Crippen molar-refractivity contribution in [1.29, 1.82) is 0 Å². The van der Waals surface area contributed by atoms with E-state index in [4.69, 9.17) is 0 Å². The number of Topliss-reactive ketones (excluding diaryl/α,β-unsaturated/α-hetero) is 1. The van der Waals surface area contributed by atoms with Crippen LogP contribution in [0, 0.1) is 16.7 Å². The first-order valence-electron chi connectivity index (χ1n) is 6.74. The molecule has 2 atom stereocenters. The van der Waals surface area contributed by atoms with E-state index < -0.39 is 5.41 Å². The van der Waals surface area contributed by atoms with E-state index >= 15 is 0 Å². The van der Waals surface area contributed by atoms with Gasteiger partial charge in [-0.1, -0.05) is 13.8 Å². The average Bonchev–Trinajstić information content (AvgIpc) is 2.81. The van der Waals surface area contributed by atoms with E-state index in [1.165, 1.54) is 0 Å². The van der Waals surface area contributed by atoms with Crippen LogP contribution in [0.3, 0.4) is 0 Å². The summed E-state index contributed by atoms with van der Waals surface area (Å²) in [6, 6.07) is 0. The Morgan fingerprint density at radius 3 is 2.35 bits per heavy atom. The number of amides is 1. The lowest BCUT2D eigenvalue weighted by molar-refractivity contribution is -0.151. The number of fused-ring (bicyclic) bond motifs is 2. The third-order valence-corrected chi connectivity index (χ3v) is 5.01. The first-order chi connectivity index (χ1) is 7.90. The van der Waals surface area contributed by atoms with Gasteiger partial charge in [0.1, 0.15) is 5.41 Å². The van der Waals surface area contributed by atoms with Gasteiger partial charge in [-0.2, -0.15) is 0 Å². The molecule has 0 spiro atoms. The quantitative estimate of drug-likeness (QED) is 0.706. The van der Waals surface area contributed by atoms with Crippen LogP contribution in [0.1, 0.15) is 47.0 Å². The van der Waals surface area contributed by atoms with Gasteiger partial charge in [0.15, 0.2) is 5.78 Å². The van der Waals surface area contributed by atoms with Crippen molar-refractivity contribution in [2.75, 3.05) is 13.1 Å². The van der Waals surface area contributed by atoms with Gasteiger partial charge in [0, 0.05) is 18.5 Å². The Balaban J connectivity index is 2.32. The van der Waals surface area contributed by atoms with Gasteiger partial charge in [-0.25, -0.2) is 0 Å². The summed E-state index contributed by atoms with van der Waals surface area (Å²) in [7, 11) is 0. The van der Waals surface area contributed by atoms with Gasteiger partial charge in [-0.15, -0.1) is 0 Å². The second kappa shape index (κ2) is 3.82. The summed E-state index contributed by atoms with van der Waals surface area (Å²) in [5, 5.41) is 0. The van der Waals surface area contributed by atoms with Crippen molar-refractivity contribution in [3.05, 3.63) is 0 Å². The topological polar surface area (TPSA) is 37.4 Å². The lowest BCUT2D eigenvalue weighted by Crippen LogP contribution is -2.49. The first-order valence-corrected chi connectivity index (χ1v) is 6.74. The Morgan fingerprint density at radius 2 is 1.94 bits per heavy atom. The van der Waals surface area contributed by atoms with E-state index in [9.17, 15) is 9.59 Å². The standard InChI is InChI=1S/C14H23NO2/c1-5-15(6-2)12(17)14-8-7-10(9-14)13(3,4)11(14)16/h10H,5-9H2,1-4H3/t10-,14+/m1/s1. The molecule has 2 bridgehead atoms. The highest BCUT2D eigenvalue weighted by Crippen LogP contribution is 2.60. The van der Waals surface area contributed by atoms with E-state index in [0.29, 0.717) is 19.0 Å². The van der Waals surface area contributed by atoms with Crippen LogP contribution in [0.5, 0.6) is 0 Å². The number of hydrogen-bond donors (Lipinski definition) is 0. The summed E-state index contributed by atoms with van der Waals surface area (Å²) in [6.07, 6.45) is 2.59. The monoisotopic (exact) mass is 237 g/mol. The average molecular weight is 237 g/mol. The van der Waals surface area contributed by atoms with Crippen LogP contribution >= 0.6 is 0 Å². The smallest absolute Gasteiger partial charge is 0.236 e. The minimum atomic E-state index is -0.666. The van der Waals surface area contributed by atoms with E-state index in [-0.39, 0.29) is 17.1 Å². The van der Waals surface area contributed by atoms with Crippen molar-refractivity contribution in [2.24, 2.45) is 16.7 Å². The molecule has 3 heteroatoms. The highest BCUT2D eigenvalue weighted by molar-refractivity contribution is 6.10. The first kappa shape index (κ1) is 12.6. The molecular formula is C14H23NO2. The Morgan fingerprint density at radius 1 is 1.35 bits per heavy atom. The van der Waals surface area contributed by atoms with E-state index in [0.717, 1.165) is 19.3 Å². The van der Waals surface area contributed by atoms with Gasteiger partial charge in [-0.05, 0) is 39.0 Å². The van der Waals surface area contributed by atoms with Crippen LogP contribution in [-0.2, 0) is 9.59 Å². The van der Waals surface area contributed by atoms with E-state index in [2.05, 4.69) is 0 Å². The molecule has 0 radical (unpaired) electrons. The van der Waals surface area contributed by atoms with Crippen LogP contribution < -0.4 is 0 Å². The molecule has 0 N–H and O–H groups in total. The number of hydrogen-bond acceptors (Lipinski definition) is 2. The van der Waals surface area contributed by atoms with Crippen LogP contribution in [0.15, 0.2) is 0 Å². The number of rotatable bonds is 3. The molecule has 3 nitrogen and oxygen atoms in total. The van der Waals surface area contributed by atoms with Crippen molar-refractivity contribution < 1.29 is 9.59 Å². The fourth-order valence-electron chi connectivity index (χ4n) is 3.77. The molecule has 0 aromatic heterocycles. The van der Waals surface area contributed by atoms with Crippen molar-refractivity contribution >= 4 is 11.7 Å². The van der Waals surface area contributed by atoms with Crippen LogP contribution in [0.25, 0.3) is 0 Å². The molecule has 2 saturated carbocycles. The van der Waals surface area contributed by atoms with Gasteiger partial charge < -0.3 is 4.90 Å². The van der Waals surface area contributed by atoms with Crippen molar-refractivity contribution in [2.45, 2.75) is 47.0 Å². The molecule has 96 valence electrons. The third kappa shape index (κ3) is 1.47. The lowest BCUT2D eigenvalue weighted by atomic mass is 9.70. The van der Waals surface area contributed by atoms with Gasteiger partial charge in [0.2, 0.25) is 5.91 Å². The molecule has 0 unspecified atom stereocenters. The molecule has 2 aliphatic rings. The predicted octanol–water partition coefficient (Wildman–Crippen LogP) is 2.25. The molecule has 2 rings (SSSR count). The summed E-state index contributed by atoms with van der Waals surface area (Å²) in [5.41, 5.74) is -0.957. The maximum absolute atomic E-state index is 12.6. The highest BCUT2D eigenvalue weighted by atomic mass is 16.2. The molecule has 0 heterocycles. The Labute approximate surface area is 104 Å². The summed E-state index contributed by atoms with van der Waals surface area (Å²) < 4.78 is 0. The molecule has 0 saturated heterocycles. The Hall–Kier alpha value is -0.860. The zero-order chi connectivity index (χ0) is 12.8. The number of ketones is 1. The van der Waals surface area contributed by atoms with Crippen molar-refractivity contribution in [3.63, 3.8) is 0 Å². The number of carbonyl (C=O) groups is 2. The molecule has 0 aliphatic heterocycles. The third-order valence-electron chi connectivity index (χ3n) is 5.01. The second-order valence-electron chi connectivity index (χ2n) is 6.05. The van der Waals surface area contributed by atoms with Crippen LogP contribution in [0.2, 0.25) is 0 Å². The fraction of sp³-hybridized carbons (Fsp3) is 0.857. The van der Waals surface area contributed by atoms with Crippen LogP contribution in [-0.4, -0.2) is 29.7 Å². The molecule has 1 amide bonds. The fourth-order valence-corrected chi connectivity index (χ4v) is 3.77. The maximum Gasteiger partial charge on any atom is 0.236 e. The predicted molar refractivity (Wildman–Crippen MR) is 66.5 cm³/mol. The highest BCUT2D eigenvalue weighted by Gasteiger charge is 2.65. The minimum Gasteiger partial charge on any atom is -0.342 e. The SMILES string of the molecule is CCN(CC)C(=O)[C@@]12CC[C@H](C1)C(C)(C)C2=O. The van der Waals surface area contributed by atoms with Gasteiger partial charge in [-0.3, -0.25) is 9.59 Å². The van der Waals surface area contributed by atoms with E-state index in [1.807, 2.05) is 32.6 Å².